The average Bonchev–Trinajstić information content (AvgIpc) is 2.30. The number of carbonyl (C=O) groups is 1. The monoisotopic (exact) mass is 217 g/mol. The van der Waals surface area contributed by atoms with Gasteiger partial charge in [0.1, 0.15) is 5.75 Å². The van der Waals surface area contributed by atoms with E-state index in [4.69, 9.17) is 5.11 Å². The fourth-order valence-electron chi connectivity index (χ4n) is 1.78. The Hall–Kier alpha value is -1.77. The lowest BCUT2D eigenvalue weighted by atomic mass is 9.94. The molecule has 0 radical (unpaired) electrons. The second-order valence-corrected chi connectivity index (χ2v) is 3.99. The predicted octanol–water partition coefficient (Wildman–Crippen LogP) is 2.83. The van der Waals surface area contributed by atoms with Crippen molar-refractivity contribution in [3.05, 3.63) is 36.0 Å². The minimum Gasteiger partial charge on any atom is -0.508 e. The van der Waals surface area contributed by atoms with Gasteiger partial charge in [-0.1, -0.05) is 0 Å². The van der Waals surface area contributed by atoms with E-state index in [-0.39, 0.29) is 11.5 Å². The van der Waals surface area contributed by atoms with Gasteiger partial charge in [-0.3, -0.25) is 4.79 Å². The van der Waals surface area contributed by atoms with Crippen molar-refractivity contribution >= 4 is 11.5 Å². The number of carbonyl (C=O) groups excluding carboxylic acids is 1. The Morgan fingerprint density at radius 3 is 2.50 bits per heavy atom. The van der Waals surface area contributed by atoms with Crippen LogP contribution in [0.15, 0.2) is 36.0 Å². The highest BCUT2D eigenvalue weighted by Gasteiger charge is 2.14. The first-order valence-electron chi connectivity index (χ1n) is 5.53. The van der Waals surface area contributed by atoms with Crippen molar-refractivity contribution in [2.45, 2.75) is 25.7 Å². The van der Waals surface area contributed by atoms with Gasteiger partial charge in [-0.2, -0.15) is 0 Å². The van der Waals surface area contributed by atoms with Gasteiger partial charge in [0.15, 0.2) is 5.78 Å². The second-order valence-electron chi connectivity index (χ2n) is 3.99. The van der Waals surface area contributed by atoms with Crippen LogP contribution in [0.3, 0.4) is 0 Å². The Bertz CT molecular complexity index is 406. The van der Waals surface area contributed by atoms with E-state index >= 15 is 0 Å². The molecule has 3 nitrogen and oxygen atoms in total. The van der Waals surface area contributed by atoms with Gasteiger partial charge >= 0.3 is 0 Å². The van der Waals surface area contributed by atoms with Gasteiger partial charge in [0.05, 0.1) is 0 Å². The fourth-order valence-corrected chi connectivity index (χ4v) is 1.78. The number of phenols is 1. The zero-order valence-corrected chi connectivity index (χ0v) is 9.07. The van der Waals surface area contributed by atoms with E-state index in [2.05, 4.69) is 5.32 Å². The van der Waals surface area contributed by atoms with E-state index in [0.717, 1.165) is 30.5 Å². The maximum atomic E-state index is 11.5. The van der Waals surface area contributed by atoms with E-state index in [1.807, 2.05) is 0 Å². The summed E-state index contributed by atoms with van der Waals surface area (Å²) in [7, 11) is 0. The van der Waals surface area contributed by atoms with Gasteiger partial charge in [-0.05, 0) is 43.5 Å². The molecule has 84 valence electrons. The molecule has 0 saturated heterocycles. The molecule has 3 heteroatoms. The number of benzene rings is 1. The predicted molar refractivity (Wildman–Crippen MR) is 63.3 cm³/mol. The molecule has 2 rings (SSSR count). The van der Waals surface area contributed by atoms with Crippen molar-refractivity contribution < 1.29 is 9.90 Å². The zero-order chi connectivity index (χ0) is 11.4. The van der Waals surface area contributed by atoms with Crippen molar-refractivity contribution in [1.29, 1.82) is 0 Å². The molecule has 1 saturated carbocycles. The van der Waals surface area contributed by atoms with Gasteiger partial charge in [0, 0.05) is 23.9 Å². The Labute approximate surface area is 94.8 Å². The number of rotatable bonds is 2. The molecule has 1 aliphatic rings. The zero-order valence-electron chi connectivity index (χ0n) is 9.07. The molecule has 1 aliphatic carbocycles. The van der Waals surface area contributed by atoms with Crippen molar-refractivity contribution in [3.63, 3.8) is 0 Å². The minimum atomic E-state index is 0.243. The van der Waals surface area contributed by atoms with Crippen LogP contribution in [-0.2, 0) is 4.79 Å². The van der Waals surface area contributed by atoms with Crippen LogP contribution >= 0.6 is 0 Å². The number of Topliss-reactive ketones (excluding diaryl/α,β-unsaturated/α-hetero) is 1. The fraction of sp³-hybridized carbons (Fsp3) is 0.308. The summed E-state index contributed by atoms with van der Waals surface area (Å²) in [5, 5.41) is 12.2. The molecule has 2 N–H and O–H groups in total. The largest absolute Gasteiger partial charge is 0.508 e. The molecular formula is C13H15NO2. The number of aromatic hydroxyl groups is 1. The molecule has 0 aliphatic heterocycles. The second kappa shape index (κ2) is 4.84. The Morgan fingerprint density at radius 2 is 1.81 bits per heavy atom. The van der Waals surface area contributed by atoms with Crippen LogP contribution in [0.2, 0.25) is 0 Å². The molecule has 1 fully saturated rings. The average molecular weight is 217 g/mol. The normalized spacial score (nSPS) is 18.8. The van der Waals surface area contributed by atoms with Crippen LogP contribution in [0, 0.1) is 0 Å². The number of anilines is 1. The lowest BCUT2D eigenvalue weighted by Gasteiger charge is -2.12. The molecule has 0 aromatic heterocycles. The molecule has 0 bridgehead atoms. The van der Waals surface area contributed by atoms with E-state index in [1.54, 1.807) is 30.5 Å². The first kappa shape index (κ1) is 10.7. The van der Waals surface area contributed by atoms with E-state index in [0.29, 0.717) is 6.42 Å². The molecule has 1 aromatic carbocycles. The summed E-state index contributed by atoms with van der Waals surface area (Å²) >= 11 is 0. The van der Waals surface area contributed by atoms with Gasteiger partial charge < -0.3 is 10.4 Å². The number of allylic oxidation sites excluding steroid dienone is 1. The number of nitrogens with one attached hydrogen (secondary N) is 1. The minimum absolute atomic E-state index is 0.243. The van der Waals surface area contributed by atoms with E-state index in [9.17, 15) is 4.79 Å². The summed E-state index contributed by atoms with van der Waals surface area (Å²) in [4.78, 5) is 11.5. The van der Waals surface area contributed by atoms with Crippen LogP contribution < -0.4 is 5.32 Å². The quantitative estimate of drug-likeness (QED) is 0.591. The van der Waals surface area contributed by atoms with Crippen LogP contribution in [0.4, 0.5) is 5.69 Å². The topological polar surface area (TPSA) is 49.3 Å². The number of ketones is 1. The standard InChI is InChI=1S/C13H15NO2/c15-12-7-5-11(6-8-12)14-9-10-3-1-2-4-13(10)16/h5-9,14-15H,1-4H2/b10-9-. The van der Waals surface area contributed by atoms with Gasteiger partial charge in [0.25, 0.3) is 0 Å². The molecule has 0 heterocycles. The summed E-state index contributed by atoms with van der Waals surface area (Å²) in [6.07, 6.45) is 5.42. The molecule has 0 spiro atoms. The molecule has 1 aromatic rings. The van der Waals surface area contributed by atoms with Crippen LogP contribution in [0.25, 0.3) is 0 Å². The highest BCUT2D eigenvalue weighted by molar-refractivity contribution is 5.96. The number of hydrogen-bond acceptors (Lipinski definition) is 3. The first-order chi connectivity index (χ1) is 7.75. The summed E-state index contributed by atoms with van der Waals surface area (Å²) in [5.74, 6) is 0.490. The van der Waals surface area contributed by atoms with Crippen LogP contribution in [-0.4, -0.2) is 10.9 Å². The molecule has 16 heavy (non-hydrogen) atoms. The maximum Gasteiger partial charge on any atom is 0.160 e. The Balaban J connectivity index is 2.02. The summed E-state index contributed by atoms with van der Waals surface area (Å²) in [6.45, 7) is 0. The lowest BCUT2D eigenvalue weighted by Crippen LogP contribution is -2.09. The summed E-state index contributed by atoms with van der Waals surface area (Å²) < 4.78 is 0. The molecule has 0 unspecified atom stereocenters. The van der Waals surface area contributed by atoms with Crippen molar-refractivity contribution in [2.75, 3.05) is 5.32 Å². The van der Waals surface area contributed by atoms with Crippen LogP contribution in [0.1, 0.15) is 25.7 Å². The Morgan fingerprint density at radius 1 is 1.12 bits per heavy atom. The third-order valence-corrected chi connectivity index (χ3v) is 2.74. The van der Waals surface area contributed by atoms with Gasteiger partial charge in [0.2, 0.25) is 0 Å². The highest BCUT2D eigenvalue weighted by atomic mass is 16.3. The van der Waals surface area contributed by atoms with E-state index in [1.165, 1.54) is 0 Å². The highest BCUT2D eigenvalue weighted by Crippen LogP contribution is 2.20. The first-order valence-corrected chi connectivity index (χ1v) is 5.53. The third-order valence-electron chi connectivity index (χ3n) is 2.74. The van der Waals surface area contributed by atoms with E-state index < -0.39 is 0 Å². The summed E-state index contributed by atoms with van der Waals surface area (Å²) in [5.41, 5.74) is 1.75. The van der Waals surface area contributed by atoms with Crippen molar-refractivity contribution in [3.8, 4) is 5.75 Å². The van der Waals surface area contributed by atoms with Crippen LogP contribution in [0.5, 0.6) is 5.75 Å². The smallest absolute Gasteiger partial charge is 0.160 e. The third kappa shape index (κ3) is 2.63. The van der Waals surface area contributed by atoms with Gasteiger partial charge in [-0.15, -0.1) is 0 Å². The Kier molecular flexibility index (Phi) is 3.25. The van der Waals surface area contributed by atoms with Gasteiger partial charge in [-0.25, -0.2) is 0 Å². The molecule has 0 amide bonds. The number of phenolic OH excluding ortho intramolecular Hbond substituents is 1. The van der Waals surface area contributed by atoms with Crippen molar-refractivity contribution in [2.24, 2.45) is 0 Å². The number of hydrogen-bond donors (Lipinski definition) is 2. The molecule has 0 atom stereocenters. The molecular weight excluding hydrogens is 202 g/mol. The lowest BCUT2D eigenvalue weighted by molar-refractivity contribution is -0.116. The SMILES string of the molecule is O=C1CCCC/C1=C/Nc1ccc(O)cc1. The summed E-state index contributed by atoms with van der Waals surface area (Å²) in [6, 6.07) is 6.78. The van der Waals surface area contributed by atoms with Crippen molar-refractivity contribution in [1.82, 2.24) is 0 Å². The maximum absolute atomic E-state index is 11.5.